The van der Waals surface area contributed by atoms with Gasteiger partial charge < -0.3 is 4.74 Å². The van der Waals surface area contributed by atoms with Crippen molar-refractivity contribution in [2.45, 2.75) is 39.7 Å². The summed E-state index contributed by atoms with van der Waals surface area (Å²) < 4.78 is 5.78. The zero-order valence-corrected chi connectivity index (χ0v) is 14.6. The van der Waals surface area contributed by atoms with E-state index in [4.69, 9.17) is 9.73 Å². The van der Waals surface area contributed by atoms with Crippen LogP contribution in [0.15, 0.2) is 53.3 Å². The molecule has 1 aromatic carbocycles. The molecule has 0 amide bonds. The van der Waals surface area contributed by atoms with Crippen LogP contribution in [-0.2, 0) is 0 Å². The summed E-state index contributed by atoms with van der Waals surface area (Å²) in [4.78, 5) is 8.98. The van der Waals surface area contributed by atoms with Gasteiger partial charge in [-0.3, -0.25) is 9.98 Å². The molecule has 2 heterocycles. The highest BCUT2D eigenvalue weighted by atomic mass is 16.5. The molecule has 24 heavy (non-hydrogen) atoms. The van der Waals surface area contributed by atoms with E-state index >= 15 is 0 Å². The molecule has 0 saturated heterocycles. The van der Waals surface area contributed by atoms with Crippen molar-refractivity contribution in [3.8, 4) is 5.75 Å². The predicted molar refractivity (Wildman–Crippen MR) is 99.8 cm³/mol. The van der Waals surface area contributed by atoms with E-state index in [-0.39, 0.29) is 6.10 Å². The lowest BCUT2D eigenvalue weighted by atomic mass is 9.94. The molecule has 0 bridgehead atoms. The Bertz CT molecular complexity index is 761. The van der Waals surface area contributed by atoms with Gasteiger partial charge in [0.05, 0.1) is 11.8 Å². The second-order valence-electron chi connectivity index (χ2n) is 6.43. The van der Waals surface area contributed by atoms with E-state index in [0.717, 1.165) is 36.4 Å². The van der Waals surface area contributed by atoms with Gasteiger partial charge in [0.25, 0.3) is 0 Å². The number of aliphatic imine (C=N–C) groups is 1. The summed E-state index contributed by atoms with van der Waals surface area (Å²) >= 11 is 0. The predicted octanol–water partition coefficient (Wildman–Crippen LogP) is 4.84. The molecular formula is C21H24N2O. The van der Waals surface area contributed by atoms with Gasteiger partial charge in [-0.15, -0.1) is 0 Å². The first-order chi connectivity index (χ1) is 11.6. The van der Waals surface area contributed by atoms with Gasteiger partial charge in [0.1, 0.15) is 5.75 Å². The molecular weight excluding hydrogens is 296 g/mol. The van der Waals surface area contributed by atoms with Crippen LogP contribution in [0.4, 0.5) is 0 Å². The highest BCUT2D eigenvalue weighted by molar-refractivity contribution is 6.15. The van der Waals surface area contributed by atoms with Crippen molar-refractivity contribution in [3.63, 3.8) is 0 Å². The number of aryl methyl sites for hydroxylation is 1. The average molecular weight is 320 g/mol. The van der Waals surface area contributed by atoms with E-state index in [2.05, 4.69) is 36.2 Å². The summed E-state index contributed by atoms with van der Waals surface area (Å²) in [6.45, 7) is 7.11. The number of allylic oxidation sites excluding steroid dienone is 1. The molecule has 3 heteroatoms. The molecule has 0 radical (unpaired) electrons. The third-order valence-electron chi connectivity index (χ3n) is 4.06. The van der Waals surface area contributed by atoms with Gasteiger partial charge in [0.15, 0.2) is 0 Å². The number of hydrogen-bond acceptors (Lipinski definition) is 3. The molecule has 0 saturated carbocycles. The van der Waals surface area contributed by atoms with Crippen molar-refractivity contribution in [1.29, 1.82) is 0 Å². The summed E-state index contributed by atoms with van der Waals surface area (Å²) in [6, 6.07) is 10.3. The number of ether oxygens (including phenoxy) is 1. The molecule has 0 fully saturated rings. The number of pyridine rings is 1. The standard InChI is InChI=1S/C21H24N2O/c1-15(2)24-20-9-8-17(16(3)12-20)13-18-6-5-11-23-21(18)19-7-4-10-22-14-19/h4,7-10,12-15H,5-6,11H2,1-3H3. The SMILES string of the molecule is Cc1cc(OC(C)C)ccc1C=C1CCCN=C1c1cccnc1. The Morgan fingerprint density at radius 1 is 1.21 bits per heavy atom. The average Bonchev–Trinajstić information content (AvgIpc) is 2.58. The van der Waals surface area contributed by atoms with Crippen molar-refractivity contribution in [1.82, 2.24) is 4.98 Å². The van der Waals surface area contributed by atoms with Gasteiger partial charge in [-0.25, -0.2) is 0 Å². The summed E-state index contributed by atoms with van der Waals surface area (Å²) in [5.41, 5.74) is 5.91. The number of aromatic nitrogens is 1. The van der Waals surface area contributed by atoms with Crippen LogP contribution in [0.5, 0.6) is 5.75 Å². The summed E-state index contributed by atoms with van der Waals surface area (Å²) in [6.07, 6.45) is 8.30. The minimum absolute atomic E-state index is 0.191. The quantitative estimate of drug-likeness (QED) is 0.807. The lowest BCUT2D eigenvalue weighted by Gasteiger charge is -2.17. The fraction of sp³-hybridized carbons (Fsp3) is 0.333. The van der Waals surface area contributed by atoms with Gasteiger partial charge in [0, 0.05) is 24.5 Å². The minimum atomic E-state index is 0.191. The van der Waals surface area contributed by atoms with E-state index in [1.54, 1.807) is 6.20 Å². The number of nitrogens with zero attached hydrogens (tertiary/aromatic N) is 2. The molecule has 1 aliphatic rings. The lowest BCUT2D eigenvalue weighted by molar-refractivity contribution is 0.242. The van der Waals surface area contributed by atoms with Crippen molar-refractivity contribution in [2.75, 3.05) is 6.54 Å². The van der Waals surface area contributed by atoms with Crippen LogP contribution in [0.3, 0.4) is 0 Å². The Kier molecular flexibility index (Phi) is 5.09. The molecule has 0 N–H and O–H groups in total. The maximum Gasteiger partial charge on any atom is 0.119 e. The molecule has 0 aliphatic carbocycles. The van der Waals surface area contributed by atoms with Crippen LogP contribution >= 0.6 is 0 Å². The topological polar surface area (TPSA) is 34.5 Å². The van der Waals surface area contributed by atoms with E-state index in [1.165, 1.54) is 16.7 Å². The van der Waals surface area contributed by atoms with Crippen LogP contribution in [0.2, 0.25) is 0 Å². The van der Waals surface area contributed by atoms with Crippen molar-refractivity contribution in [2.24, 2.45) is 4.99 Å². The van der Waals surface area contributed by atoms with Gasteiger partial charge in [-0.2, -0.15) is 0 Å². The fourth-order valence-electron chi connectivity index (χ4n) is 2.94. The number of hydrogen-bond donors (Lipinski definition) is 0. The molecule has 0 spiro atoms. The molecule has 1 aliphatic heterocycles. The first kappa shape index (κ1) is 16.4. The first-order valence-electron chi connectivity index (χ1n) is 8.56. The largest absolute Gasteiger partial charge is 0.491 e. The van der Waals surface area contributed by atoms with Crippen LogP contribution in [0.25, 0.3) is 6.08 Å². The summed E-state index contributed by atoms with van der Waals surface area (Å²) in [5.74, 6) is 0.925. The highest BCUT2D eigenvalue weighted by Gasteiger charge is 2.14. The first-order valence-corrected chi connectivity index (χ1v) is 8.56. The lowest BCUT2D eigenvalue weighted by Crippen LogP contribution is -2.12. The van der Waals surface area contributed by atoms with Crippen LogP contribution in [0.1, 0.15) is 43.4 Å². The third kappa shape index (κ3) is 3.91. The molecule has 2 aromatic rings. The Labute approximate surface area is 144 Å². The molecule has 0 atom stereocenters. The van der Waals surface area contributed by atoms with E-state index in [0.29, 0.717) is 0 Å². The van der Waals surface area contributed by atoms with Crippen molar-refractivity contribution >= 4 is 11.8 Å². The van der Waals surface area contributed by atoms with Crippen LogP contribution in [-0.4, -0.2) is 23.3 Å². The smallest absolute Gasteiger partial charge is 0.119 e. The van der Waals surface area contributed by atoms with Crippen LogP contribution in [0, 0.1) is 6.92 Å². The zero-order valence-electron chi connectivity index (χ0n) is 14.6. The second-order valence-corrected chi connectivity index (χ2v) is 6.43. The monoisotopic (exact) mass is 320 g/mol. The Morgan fingerprint density at radius 3 is 2.79 bits per heavy atom. The number of rotatable bonds is 4. The van der Waals surface area contributed by atoms with Gasteiger partial charge in [-0.05, 0) is 80.7 Å². The zero-order chi connectivity index (χ0) is 16.9. The molecule has 124 valence electrons. The summed E-state index contributed by atoms with van der Waals surface area (Å²) in [5, 5.41) is 0. The molecule has 0 unspecified atom stereocenters. The Morgan fingerprint density at radius 2 is 2.08 bits per heavy atom. The number of benzene rings is 1. The fourth-order valence-corrected chi connectivity index (χ4v) is 2.94. The maximum absolute atomic E-state index is 5.78. The summed E-state index contributed by atoms with van der Waals surface area (Å²) in [7, 11) is 0. The Hall–Kier alpha value is -2.42. The normalized spacial score (nSPS) is 16.3. The van der Waals surface area contributed by atoms with Gasteiger partial charge in [-0.1, -0.05) is 6.07 Å². The van der Waals surface area contributed by atoms with Gasteiger partial charge in [0.2, 0.25) is 0 Å². The third-order valence-corrected chi connectivity index (χ3v) is 4.06. The van der Waals surface area contributed by atoms with E-state index in [1.807, 2.05) is 32.2 Å². The van der Waals surface area contributed by atoms with E-state index in [9.17, 15) is 0 Å². The van der Waals surface area contributed by atoms with Gasteiger partial charge >= 0.3 is 0 Å². The van der Waals surface area contributed by atoms with Crippen LogP contribution < -0.4 is 4.74 Å². The maximum atomic E-state index is 5.78. The minimum Gasteiger partial charge on any atom is -0.491 e. The van der Waals surface area contributed by atoms with Crippen molar-refractivity contribution in [3.05, 3.63) is 65.0 Å². The van der Waals surface area contributed by atoms with E-state index < -0.39 is 0 Å². The molecule has 3 rings (SSSR count). The molecule has 3 nitrogen and oxygen atoms in total. The second kappa shape index (κ2) is 7.43. The Balaban J connectivity index is 1.92. The highest BCUT2D eigenvalue weighted by Crippen LogP contribution is 2.25. The van der Waals surface area contributed by atoms with Crippen molar-refractivity contribution < 1.29 is 4.74 Å². The molecule has 1 aromatic heterocycles.